The molecule has 5 nitrogen and oxygen atoms in total. The molecular formula is C19H22N4OS. The van der Waals surface area contributed by atoms with E-state index < -0.39 is 0 Å². The zero-order valence-electron chi connectivity index (χ0n) is 14.8. The van der Waals surface area contributed by atoms with Crippen molar-refractivity contribution in [3.05, 3.63) is 52.8 Å². The van der Waals surface area contributed by atoms with Gasteiger partial charge in [-0.3, -0.25) is 4.90 Å². The molecule has 0 N–H and O–H groups in total. The van der Waals surface area contributed by atoms with Gasteiger partial charge in [0.25, 0.3) is 0 Å². The van der Waals surface area contributed by atoms with E-state index in [0.29, 0.717) is 6.04 Å². The zero-order valence-corrected chi connectivity index (χ0v) is 15.6. The fourth-order valence-corrected chi connectivity index (χ4v) is 4.15. The Balaban J connectivity index is 1.55. The number of aromatic nitrogens is 3. The lowest BCUT2D eigenvalue weighted by Crippen LogP contribution is -2.36. The number of hydrogen-bond donors (Lipinski definition) is 0. The van der Waals surface area contributed by atoms with Crippen LogP contribution in [0, 0.1) is 6.92 Å². The Labute approximate surface area is 151 Å². The zero-order chi connectivity index (χ0) is 17.4. The maximum Gasteiger partial charge on any atom is 0.169 e. The average molecular weight is 354 g/mol. The first kappa shape index (κ1) is 16.3. The first-order valence-electron chi connectivity index (χ1n) is 8.51. The third-order valence-corrected chi connectivity index (χ3v) is 5.74. The second-order valence-electron chi connectivity index (χ2n) is 6.43. The Hall–Kier alpha value is -2.18. The number of aryl methyl sites for hydroxylation is 1. The molecule has 0 aliphatic carbocycles. The number of ether oxygens (including phenoxy) is 1. The van der Waals surface area contributed by atoms with Crippen LogP contribution in [0.3, 0.4) is 0 Å². The fraction of sp³-hybridized carbons (Fsp3) is 0.368. The molecule has 6 heteroatoms. The second kappa shape index (κ2) is 6.61. The Morgan fingerprint density at radius 1 is 1.16 bits per heavy atom. The number of benzene rings is 1. The predicted molar refractivity (Wildman–Crippen MR) is 99.9 cm³/mol. The summed E-state index contributed by atoms with van der Waals surface area (Å²) in [7, 11) is 1.70. The molecule has 3 heterocycles. The van der Waals surface area contributed by atoms with E-state index in [0.717, 1.165) is 36.2 Å². The Morgan fingerprint density at radius 2 is 1.96 bits per heavy atom. The molecule has 1 aliphatic rings. The molecule has 0 saturated heterocycles. The molecule has 0 fully saturated rings. The van der Waals surface area contributed by atoms with Crippen LogP contribution in [0.5, 0.6) is 5.75 Å². The quantitative estimate of drug-likeness (QED) is 0.713. The minimum atomic E-state index is 0.332. The topological polar surface area (TPSA) is 43.2 Å². The van der Waals surface area contributed by atoms with Crippen LogP contribution in [0.1, 0.15) is 29.1 Å². The molecule has 0 saturated carbocycles. The molecule has 1 aliphatic heterocycles. The highest BCUT2D eigenvalue weighted by atomic mass is 32.1. The first-order valence-corrected chi connectivity index (χ1v) is 9.32. The second-order valence-corrected chi connectivity index (χ2v) is 7.66. The first-order chi connectivity index (χ1) is 12.2. The van der Waals surface area contributed by atoms with Crippen LogP contribution in [0.15, 0.2) is 36.7 Å². The maximum absolute atomic E-state index is 5.24. The van der Waals surface area contributed by atoms with Gasteiger partial charge in [0, 0.05) is 36.8 Å². The lowest BCUT2D eigenvalue weighted by atomic mass is 10.1. The van der Waals surface area contributed by atoms with E-state index in [2.05, 4.69) is 45.4 Å². The van der Waals surface area contributed by atoms with Gasteiger partial charge in [0.1, 0.15) is 5.75 Å². The van der Waals surface area contributed by atoms with Gasteiger partial charge in [-0.25, -0.2) is 9.97 Å². The molecule has 2 aromatic heterocycles. The van der Waals surface area contributed by atoms with Crippen molar-refractivity contribution < 1.29 is 4.74 Å². The van der Waals surface area contributed by atoms with Crippen LogP contribution in [-0.2, 0) is 13.1 Å². The average Bonchev–Trinajstić information content (AvgIpc) is 3.24. The highest BCUT2D eigenvalue weighted by Gasteiger charge is 2.27. The molecule has 0 amide bonds. The van der Waals surface area contributed by atoms with Gasteiger partial charge >= 0.3 is 0 Å². The van der Waals surface area contributed by atoms with Gasteiger partial charge in [0.05, 0.1) is 19.0 Å². The van der Waals surface area contributed by atoms with Crippen molar-refractivity contribution in [2.24, 2.45) is 0 Å². The maximum atomic E-state index is 5.24. The Kier molecular flexibility index (Phi) is 4.31. The summed E-state index contributed by atoms with van der Waals surface area (Å²) in [6.07, 6.45) is 3.93. The summed E-state index contributed by atoms with van der Waals surface area (Å²) in [6, 6.07) is 8.66. The van der Waals surface area contributed by atoms with Gasteiger partial charge in [0.2, 0.25) is 0 Å². The number of nitrogens with zero attached hydrogens (tertiary/aromatic N) is 4. The standard InChI is InChI=1S/C19H22N4OS/c1-13-10-21-19(25-13)18-20-11-17-14(2)22(8-9-23(17)18)12-15-4-6-16(24-3)7-5-15/h4-7,10-11,14H,8-9,12H2,1-3H3. The number of hydrogen-bond acceptors (Lipinski definition) is 5. The van der Waals surface area contributed by atoms with Crippen molar-refractivity contribution in [3.63, 3.8) is 0 Å². The molecule has 130 valence electrons. The van der Waals surface area contributed by atoms with Gasteiger partial charge in [-0.05, 0) is 31.5 Å². The van der Waals surface area contributed by atoms with Crippen LogP contribution >= 0.6 is 11.3 Å². The third kappa shape index (κ3) is 3.07. The Morgan fingerprint density at radius 3 is 2.64 bits per heavy atom. The van der Waals surface area contributed by atoms with Gasteiger partial charge in [-0.2, -0.15) is 0 Å². The monoisotopic (exact) mass is 354 g/mol. The normalized spacial score (nSPS) is 17.5. The highest BCUT2D eigenvalue weighted by molar-refractivity contribution is 7.14. The van der Waals surface area contributed by atoms with Crippen molar-refractivity contribution >= 4 is 11.3 Å². The summed E-state index contributed by atoms with van der Waals surface area (Å²) in [4.78, 5) is 12.9. The highest BCUT2D eigenvalue weighted by Crippen LogP contribution is 2.32. The van der Waals surface area contributed by atoms with Crippen molar-refractivity contribution in [3.8, 4) is 16.6 Å². The van der Waals surface area contributed by atoms with Gasteiger partial charge in [-0.1, -0.05) is 12.1 Å². The minimum absolute atomic E-state index is 0.332. The van der Waals surface area contributed by atoms with E-state index in [-0.39, 0.29) is 0 Å². The van der Waals surface area contributed by atoms with Gasteiger partial charge in [0.15, 0.2) is 10.8 Å². The summed E-state index contributed by atoms with van der Waals surface area (Å²) < 4.78 is 7.57. The number of thiazole rings is 1. The molecule has 0 bridgehead atoms. The molecular weight excluding hydrogens is 332 g/mol. The van der Waals surface area contributed by atoms with Crippen LogP contribution in [0.4, 0.5) is 0 Å². The predicted octanol–water partition coefficient (Wildman–Crippen LogP) is 3.90. The summed E-state index contributed by atoms with van der Waals surface area (Å²) in [6.45, 7) is 7.23. The number of methoxy groups -OCH3 is 1. The van der Waals surface area contributed by atoms with E-state index in [4.69, 9.17) is 4.74 Å². The minimum Gasteiger partial charge on any atom is -0.497 e. The lowest BCUT2D eigenvalue weighted by molar-refractivity contribution is 0.161. The Bertz CT molecular complexity index is 868. The molecule has 0 radical (unpaired) electrons. The summed E-state index contributed by atoms with van der Waals surface area (Å²) >= 11 is 1.71. The SMILES string of the molecule is COc1ccc(CN2CCn3c(cnc3-c3ncc(C)s3)C2C)cc1. The molecule has 0 spiro atoms. The van der Waals surface area contributed by atoms with Crippen molar-refractivity contribution in [2.45, 2.75) is 33.0 Å². The van der Waals surface area contributed by atoms with Gasteiger partial charge < -0.3 is 9.30 Å². The smallest absolute Gasteiger partial charge is 0.169 e. The van der Waals surface area contributed by atoms with E-state index >= 15 is 0 Å². The molecule has 1 aromatic carbocycles. The molecule has 1 atom stereocenters. The van der Waals surface area contributed by atoms with E-state index in [9.17, 15) is 0 Å². The van der Waals surface area contributed by atoms with Gasteiger partial charge in [-0.15, -0.1) is 11.3 Å². The van der Waals surface area contributed by atoms with Crippen LogP contribution in [-0.4, -0.2) is 33.1 Å². The van der Waals surface area contributed by atoms with E-state index in [1.54, 1.807) is 18.4 Å². The molecule has 3 aromatic rings. The summed E-state index contributed by atoms with van der Waals surface area (Å²) in [5.74, 6) is 1.90. The van der Waals surface area contributed by atoms with Crippen molar-refractivity contribution in [1.82, 2.24) is 19.4 Å². The van der Waals surface area contributed by atoms with E-state index in [1.165, 1.54) is 16.1 Å². The lowest BCUT2D eigenvalue weighted by Gasteiger charge is -2.34. The number of rotatable bonds is 4. The largest absolute Gasteiger partial charge is 0.497 e. The van der Waals surface area contributed by atoms with Crippen molar-refractivity contribution in [1.29, 1.82) is 0 Å². The number of fused-ring (bicyclic) bond motifs is 1. The van der Waals surface area contributed by atoms with Crippen molar-refractivity contribution in [2.75, 3.05) is 13.7 Å². The van der Waals surface area contributed by atoms with Crippen LogP contribution in [0.25, 0.3) is 10.8 Å². The molecule has 4 rings (SSSR count). The van der Waals surface area contributed by atoms with E-state index in [1.807, 2.05) is 24.5 Å². The molecule has 25 heavy (non-hydrogen) atoms. The van der Waals surface area contributed by atoms with Crippen LogP contribution in [0.2, 0.25) is 0 Å². The fourth-order valence-electron chi connectivity index (χ4n) is 3.38. The summed E-state index contributed by atoms with van der Waals surface area (Å²) in [5, 5.41) is 1.01. The number of imidazole rings is 1. The third-order valence-electron chi connectivity index (χ3n) is 4.83. The molecule has 1 unspecified atom stereocenters. The summed E-state index contributed by atoms with van der Waals surface area (Å²) in [5.41, 5.74) is 2.57. The van der Waals surface area contributed by atoms with Crippen LogP contribution < -0.4 is 4.74 Å².